The van der Waals surface area contributed by atoms with E-state index in [-0.39, 0.29) is 12.8 Å². The molecule has 5 amide bonds. The molecular weight excluding hydrogens is 513 g/mol. The molecule has 0 unspecified atom stereocenters. The van der Waals surface area contributed by atoms with Gasteiger partial charge in [-0.05, 0) is 30.5 Å². The van der Waals surface area contributed by atoms with Gasteiger partial charge in [-0.2, -0.15) is 14.0 Å². The van der Waals surface area contributed by atoms with Gasteiger partial charge in [-0.1, -0.05) is 6.07 Å². The summed E-state index contributed by atoms with van der Waals surface area (Å²) in [6, 6.07) is 1.41. The maximum Gasteiger partial charge on any atom is 0.309 e. The average molecular weight is 532 g/mol. The van der Waals surface area contributed by atoms with E-state index in [0.717, 1.165) is 12.1 Å². The maximum absolute atomic E-state index is 16.5. The van der Waals surface area contributed by atoms with Gasteiger partial charge in [0.2, 0.25) is 11.8 Å². The fourth-order valence-corrected chi connectivity index (χ4v) is 3.91. The lowest BCUT2D eigenvalue weighted by Gasteiger charge is -2.32. The molecule has 1 fully saturated rings. The predicted octanol–water partition coefficient (Wildman–Crippen LogP) is -0.806. The number of nitriles is 1. The third-order valence-corrected chi connectivity index (χ3v) is 5.82. The SMILES string of the molecule is N#CC1(N[C@@H](c2ccc(F)cc2C(N)=O)C(F)(F)c2nc(C(N)=O)c(C(N)=O)c(C(N)=O)c2C(N)=O)CC1. The van der Waals surface area contributed by atoms with E-state index in [0.29, 0.717) is 6.07 Å². The Bertz CT molecular complexity index is 1470. The lowest BCUT2D eigenvalue weighted by molar-refractivity contribution is -0.0528. The number of nitrogens with zero attached hydrogens (tertiary/aromatic N) is 2. The first-order chi connectivity index (χ1) is 17.6. The van der Waals surface area contributed by atoms with Crippen LogP contribution in [0.1, 0.15) is 82.1 Å². The molecule has 1 aliphatic carbocycles. The molecule has 0 saturated heterocycles. The highest BCUT2D eigenvalue weighted by Gasteiger charge is 2.55. The summed E-state index contributed by atoms with van der Waals surface area (Å²) in [5.41, 5.74) is 16.6. The maximum atomic E-state index is 16.5. The van der Waals surface area contributed by atoms with E-state index >= 15 is 8.78 Å². The summed E-state index contributed by atoms with van der Waals surface area (Å²) >= 11 is 0. The van der Waals surface area contributed by atoms with Crippen molar-refractivity contribution in [3.05, 3.63) is 63.2 Å². The Labute approximate surface area is 211 Å². The number of nitrogens with one attached hydrogen (secondary N) is 1. The van der Waals surface area contributed by atoms with Crippen molar-refractivity contribution < 1.29 is 37.1 Å². The largest absolute Gasteiger partial charge is 0.366 e. The number of hydrogen-bond acceptors (Lipinski definition) is 8. The number of primary amides is 5. The minimum Gasteiger partial charge on any atom is -0.366 e. The lowest BCUT2D eigenvalue weighted by Crippen LogP contribution is -2.45. The average Bonchev–Trinajstić information content (AvgIpc) is 3.61. The van der Waals surface area contributed by atoms with Crippen LogP contribution in [0.2, 0.25) is 0 Å². The summed E-state index contributed by atoms with van der Waals surface area (Å²) in [4.78, 5) is 64.1. The molecule has 1 saturated carbocycles. The van der Waals surface area contributed by atoms with E-state index in [1.165, 1.54) is 0 Å². The minimum absolute atomic E-state index is 0.0823. The van der Waals surface area contributed by atoms with Crippen molar-refractivity contribution in [3.8, 4) is 6.07 Å². The van der Waals surface area contributed by atoms with Gasteiger partial charge in [-0.3, -0.25) is 29.3 Å². The Morgan fingerprint density at radius 3 is 1.89 bits per heavy atom. The van der Waals surface area contributed by atoms with Gasteiger partial charge in [0.05, 0.1) is 22.8 Å². The molecule has 0 aliphatic heterocycles. The zero-order valence-electron chi connectivity index (χ0n) is 19.2. The summed E-state index contributed by atoms with van der Waals surface area (Å²) in [7, 11) is 0. The number of hydrogen-bond donors (Lipinski definition) is 6. The van der Waals surface area contributed by atoms with Crippen molar-refractivity contribution in [2.75, 3.05) is 0 Å². The van der Waals surface area contributed by atoms with Crippen LogP contribution in [0.15, 0.2) is 18.2 Å². The van der Waals surface area contributed by atoms with E-state index in [1.807, 2.05) is 0 Å². The number of carbonyl (C=O) groups excluding carboxylic acids is 5. The molecule has 1 atom stereocenters. The van der Waals surface area contributed by atoms with Gasteiger partial charge in [0.15, 0.2) is 0 Å². The second-order valence-corrected chi connectivity index (χ2v) is 8.38. The standard InChI is InChI=1S/C22H19F3N8O5/c23-7-1-2-8(9(5-7)16(27)34)14(33-21(6-26)3-4-21)22(24,25)15-12(19(30)37)10(17(28)35)11(18(29)36)13(32-15)20(31)38/h1-2,5,14,33H,3-4H2,(H2,27,34)(H2,28,35)(H2,29,36)(H2,30,37)(H2,31,38)/t14-/m0/s1. The van der Waals surface area contributed by atoms with Crippen LogP contribution < -0.4 is 34.0 Å². The van der Waals surface area contributed by atoms with Crippen molar-refractivity contribution in [3.63, 3.8) is 0 Å². The highest BCUT2D eigenvalue weighted by atomic mass is 19.3. The number of alkyl halides is 2. The van der Waals surface area contributed by atoms with Crippen LogP contribution in [0, 0.1) is 17.1 Å². The van der Waals surface area contributed by atoms with Gasteiger partial charge in [-0.15, -0.1) is 0 Å². The van der Waals surface area contributed by atoms with Gasteiger partial charge in [0.1, 0.15) is 28.8 Å². The first-order valence-electron chi connectivity index (χ1n) is 10.5. The van der Waals surface area contributed by atoms with Gasteiger partial charge in [-0.25, -0.2) is 9.37 Å². The van der Waals surface area contributed by atoms with Crippen LogP contribution >= 0.6 is 0 Å². The van der Waals surface area contributed by atoms with Gasteiger partial charge < -0.3 is 28.7 Å². The first-order valence-corrected chi connectivity index (χ1v) is 10.5. The topological polar surface area (TPSA) is 264 Å². The first kappa shape index (κ1) is 27.5. The summed E-state index contributed by atoms with van der Waals surface area (Å²) < 4.78 is 46.8. The minimum atomic E-state index is -4.54. The number of halogens is 3. The summed E-state index contributed by atoms with van der Waals surface area (Å²) in [5, 5.41) is 11.9. The van der Waals surface area contributed by atoms with Crippen LogP contribution in [0.25, 0.3) is 0 Å². The number of carbonyl (C=O) groups is 5. The van der Waals surface area contributed by atoms with Gasteiger partial charge >= 0.3 is 5.92 Å². The number of nitrogens with two attached hydrogens (primary N) is 5. The van der Waals surface area contributed by atoms with Gasteiger partial charge in [0, 0.05) is 5.56 Å². The van der Waals surface area contributed by atoms with Crippen LogP contribution in [0.3, 0.4) is 0 Å². The van der Waals surface area contributed by atoms with E-state index in [1.54, 1.807) is 6.07 Å². The molecule has 11 N–H and O–H groups in total. The monoisotopic (exact) mass is 532 g/mol. The van der Waals surface area contributed by atoms with E-state index in [2.05, 4.69) is 10.3 Å². The Hall–Kier alpha value is -5.04. The molecule has 0 spiro atoms. The van der Waals surface area contributed by atoms with Crippen LogP contribution in [-0.2, 0) is 5.92 Å². The van der Waals surface area contributed by atoms with Crippen molar-refractivity contribution in [1.82, 2.24) is 10.3 Å². The Kier molecular flexibility index (Phi) is 6.84. The zero-order valence-corrected chi connectivity index (χ0v) is 19.2. The molecule has 1 aromatic heterocycles. The smallest absolute Gasteiger partial charge is 0.309 e. The molecule has 38 heavy (non-hydrogen) atoms. The van der Waals surface area contributed by atoms with Crippen molar-refractivity contribution >= 4 is 29.5 Å². The fraction of sp³-hybridized carbons (Fsp3) is 0.227. The van der Waals surface area contributed by atoms with Crippen molar-refractivity contribution in [2.45, 2.75) is 30.3 Å². The molecular formula is C22H19F3N8O5. The highest BCUT2D eigenvalue weighted by Crippen LogP contribution is 2.47. The Morgan fingerprint density at radius 1 is 0.921 bits per heavy atom. The third-order valence-electron chi connectivity index (χ3n) is 5.82. The summed E-state index contributed by atoms with van der Waals surface area (Å²) in [6.07, 6.45) is 0.165. The Balaban J connectivity index is 2.48. The molecule has 3 rings (SSSR count). The van der Waals surface area contributed by atoms with Crippen molar-refractivity contribution in [1.29, 1.82) is 5.26 Å². The lowest BCUT2D eigenvalue weighted by atomic mass is 9.87. The second kappa shape index (κ2) is 9.44. The summed E-state index contributed by atoms with van der Waals surface area (Å²) in [6.45, 7) is 0. The number of rotatable bonds is 10. The fourth-order valence-electron chi connectivity index (χ4n) is 3.91. The Morgan fingerprint density at radius 2 is 1.47 bits per heavy atom. The molecule has 16 heteroatoms. The molecule has 1 heterocycles. The van der Waals surface area contributed by atoms with Crippen LogP contribution in [0.4, 0.5) is 13.2 Å². The second-order valence-electron chi connectivity index (χ2n) is 8.38. The molecule has 198 valence electrons. The molecule has 0 bridgehead atoms. The van der Waals surface area contributed by atoms with Crippen LogP contribution in [0.5, 0.6) is 0 Å². The molecule has 1 aromatic carbocycles. The molecule has 2 aromatic rings. The predicted molar refractivity (Wildman–Crippen MR) is 121 cm³/mol. The zero-order chi connectivity index (χ0) is 28.7. The number of pyridine rings is 1. The van der Waals surface area contributed by atoms with Crippen molar-refractivity contribution in [2.24, 2.45) is 28.7 Å². The van der Waals surface area contributed by atoms with E-state index < -0.39 is 92.1 Å². The quantitative estimate of drug-likeness (QED) is 0.225. The van der Waals surface area contributed by atoms with Gasteiger partial charge in [0.25, 0.3) is 17.7 Å². The normalized spacial score (nSPS) is 14.7. The van der Waals surface area contributed by atoms with E-state index in [4.69, 9.17) is 28.7 Å². The molecule has 13 nitrogen and oxygen atoms in total. The van der Waals surface area contributed by atoms with E-state index in [9.17, 15) is 33.6 Å². The highest BCUT2D eigenvalue weighted by molar-refractivity contribution is 6.17. The third kappa shape index (κ3) is 4.69. The van der Waals surface area contributed by atoms with Crippen LogP contribution in [-0.4, -0.2) is 40.1 Å². The summed E-state index contributed by atoms with van der Waals surface area (Å²) in [5.74, 6) is -13.4. The molecule has 0 radical (unpaired) electrons. The number of aromatic nitrogens is 1. The molecule has 1 aliphatic rings. The number of benzene rings is 1. The number of amides is 5.